The predicted octanol–water partition coefficient (Wildman–Crippen LogP) is 2.84. The van der Waals surface area contributed by atoms with Gasteiger partial charge in [0.2, 0.25) is 18.4 Å². The molecule has 0 unspecified atom stereocenters. The van der Waals surface area contributed by atoms with Crippen LogP contribution in [-0.2, 0) is 11.2 Å². The Morgan fingerprint density at radius 3 is 2.94 bits per heavy atom. The fourth-order valence-electron chi connectivity index (χ4n) is 4.21. The molecular weight excluding hydrogens is 454 g/mol. The first-order valence-electron chi connectivity index (χ1n) is 11.0. The molecule has 1 amide bonds. The molecule has 0 fully saturated rings. The van der Waals surface area contributed by atoms with E-state index in [9.17, 15) is 14.7 Å². The van der Waals surface area contributed by atoms with E-state index in [1.165, 1.54) is 7.11 Å². The smallest absolute Gasteiger partial charge is 0.343 e. The molecule has 4 aromatic rings. The van der Waals surface area contributed by atoms with Crippen molar-refractivity contribution in [3.63, 3.8) is 0 Å². The van der Waals surface area contributed by atoms with Crippen LogP contribution >= 0.6 is 0 Å². The first-order valence-corrected chi connectivity index (χ1v) is 11.0. The first-order chi connectivity index (χ1) is 17.0. The van der Waals surface area contributed by atoms with Crippen LogP contribution in [0.1, 0.15) is 29.2 Å². The lowest BCUT2D eigenvalue weighted by Gasteiger charge is -2.20. The van der Waals surface area contributed by atoms with E-state index in [2.05, 4.69) is 15.3 Å². The summed E-state index contributed by atoms with van der Waals surface area (Å²) in [5.74, 6) is -0.125. The molecule has 35 heavy (non-hydrogen) atoms. The van der Waals surface area contributed by atoms with Crippen molar-refractivity contribution in [3.8, 4) is 23.0 Å². The summed E-state index contributed by atoms with van der Waals surface area (Å²) in [4.78, 5) is 33.0. The van der Waals surface area contributed by atoms with Gasteiger partial charge in [-0.15, -0.1) is 0 Å². The van der Waals surface area contributed by atoms with Gasteiger partial charge in [-0.25, -0.2) is 9.78 Å². The van der Waals surface area contributed by atoms with Crippen molar-refractivity contribution in [1.29, 1.82) is 0 Å². The third-order valence-corrected chi connectivity index (χ3v) is 5.91. The highest BCUT2D eigenvalue weighted by Crippen LogP contribution is 2.45. The Bertz CT molecular complexity index is 1430. The predicted molar refractivity (Wildman–Crippen MR) is 125 cm³/mol. The second-order valence-electron chi connectivity index (χ2n) is 8.04. The quantitative estimate of drug-likeness (QED) is 0.330. The fourth-order valence-corrected chi connectivity index (χ4v) is 4.21. The van der Waals surface area contributed by atoms with Gasteiger partial charge < -0.3 is 34.0 Å². The molecule has 5 rings (SSSR count). The number of benzene rings is 2. The number of nitrogens with one attached hydrogen (secondary N) is 2. The maximum atomic E-state index is 13.1. The number of fused-ring (bicyclic) bond motifs is 2. The van der Waals surface area contributed by atoms with Crippen molar-refractivity contribution in [3.05, 3.63) is 76.2 Å². The number of rotatable bonds is 8. The summed E-state index contributed by atoms with van der Waals surface area (Å²) in [6.07, 6.45) is 3.70. The zero-order valence-corrected chi connectivity index (χ0v) is 18.9. The number of H-pyrrole nitrogens is 1. The van der Waals surface area contributed by atoms with Crippen LogP contribution in [0.2, 0.25) is 0 Å². The number of ether oxygens (including phenoxy) is 3. The molecule has 2 aromatic heterocycles. The number of carbonyl (C=O) groups excluding carboxylic acids is 1. The van der Waals surface area contributed by atoms with Crippen molar-refractivity contribution in [2.45, 2.75) is 18.8 Å². The minimum Gasteiger partial charge on any atom is -0.507 e. The number of nitrogens with zero attached hydrogens (tertiary/aromatic N) is 1. The van der Waals surface area contributed by atoms with Crippen LogP contribution in [0.15, 0.2) is 58.1 Å². The van der Waals surface area contributed by atoms with Crippen LogP contribution < -0.4 is 25.2 Å². The number of imidazole rings is 1. The van der Waals surface area contributed by atoms with Gasteiger partial charge in [0.05, 0.1) is 24.4 Å². The summed E-state index contributed by atoms with van der Waals surface area (Å²) in [5, 5.41) is 14.3. The SMILES string of the molecule is COc1cc([C@H](CC(=O)NCCc2cnc[nH]2)c2c(O)c3ccccc3oc2=O)cc2c1OCO2. The Balaban J connectivity index is 1.53. The molecule has 0 saturated carbocycles. The number of hydrogen-bond acceptors (Lipinski definition) is 8. The van der Waals surface area contributed by atoms with Gasteiger partial charge >= 0.3 is 5.63 Å². The van der Waals surface area contributed by atoms with Crippen molar-refractivity contribution >= 4 is 16.9 Å². The van der Waals surface area contributed by atoms with E-state index in [1.54, 1.807) is 48.9 Å². The number of aromatic nitrogens is 2. The molecule has 0 radical (unpaired) electrons. The maximum Gasteiger partial charge on any atom is 0.343 e. The normalized spacial score (nSPS) is 13.1. The average Bonchev–Trinajstić information content (AvgIpc) is 3.55. The van der Waals surface area contributed by atoms with Crippen LogP contribution in [0, 0.1) is 0 Å². The molecule has 2 aromatic carbocycles. The maximum absolute atomic E-state index is 13.1. The highest BCUT2D eigenvalue weighted by molar-refractivity contribution is 5.85. The lowest BCUT2D eigenvalue weighted by atomic mass is 9.87. The Morgan fingerprint density at radius 1 is 1.29 bits per heavy atom. The lowest BCUT2D eigenvalue weighted by Crippen LogP contribution is -2.28. The molecule has 1 aliphatic heterocycles. The zero-order valence-electron chi connectivity index (χ0n) is 18.9. The van der Waals surface area contributed by atoms with Gasteiger partial charge in [0.25, 0.3) is 0 Å². The average molecular weight is 477 g/mol. The second kappa shape index (κ2) is 9.41. The van der Waals surface area contributed by atoms with Gasteiger partial charge in [-0.1, -0.05) is 12.1 Å². The molecule has 10 heteroatoms. The van der Waals surface area contributed by atoms with Gasteiger partial charge in [-0.2, -0.15) is 0 Å². The van der Waals surface area contributed by atoms with Crippen LogP contribution in [0.5, 0.6) is 23.0 Å². The summed E-state index contributed by atoms with van der Waals surface area (Å²) >= 11 is 0. The molecule has 0 aliphatic carbocycles. The van der Waals surface area contributed by atoms with Crippen LogP contribution in [0.25, 0.3) is 11.0 Å². The molecule has 1 aliphatic rings. The van der Waals surface area contributed by atoms with Gasteiger partial charge in [0.1, 0.15) is 11.3 Å². The molecule has 3 heterocycles. The van der Waals surface area contributed by atoms with Gasteiger partial charge in [0.15, 0.2) is 11.5 Å². The first kappa shape index (κ1) is 22.3. The summed E-state index contributed by atoms with van der Waals surface area (Å²) in [6, 6.07) is 10.0. The Hall–Kier alpha value is -4.47. The zero-order chi connectivity index (χ0) is 24.4. The highest BCUT2D eigenvalue weighted by Gasteiger charge is 2.30. The number of aromatic amines is 1. The van der Waals surface area contributed by atoms with Crippen LogP contribution in [-0.4, -0.2) is 41.4 Å². The largest absolute Gasteiger partial charge is 0.507 e. The number of aromatic hydroxyl groups is 1. The standard InChI is InChI=1S/C25H23N3O7/c1-32-19-8-14(9-20-24(19)34-13-33-20)17(10-21(29)27-7-6-15-11-26-12-28-15)22-23(30)16-4-2-3-5-18(16)35-25(22)31/h2-5,8-9,11-12,17,30H,6-7,10,13H2,1H3,(H,26,28)(H,27,29)/t17-/m0/s1. The van der Waals surface area contributed by atoms with Crippen molar-refractivity contribution < 1.29 is 28.5 Å². The van der Waals surface area contributed by atoms with E-state index in [-0.39, 0.29) is 36.0 Å². The minimum atomic E-state index is -0.841. The summed E-state index contributed by atoms with van der Waals surface area (Å²) < 4.78 is 21.9. The number of methoxy groups -OCH3 is 1. The van der Waals surface area contributed by atoms with Gasteiger partial charge in [-0.3, -0.25) is 4.79 Å². The van der Waals surface area contributed by atoms with Gasteiger partial charge in [0, 0.05) is 37.2 Å². The van der Waals surface area contributed by atoms with E-state index in [0.717, 1.165) is 5.69 Å². The van der Waals surface area contributed by atoms with Gasteiger partial charge in [-0.05, 0) is 29.8 Å². The Kier molecular flexibility index (Phi) is 6.01. The van der Waals surface area contributed by atoms with E-state index >= 15 is 0 Å². The third kappa shape index (κ3) is 4.37. The van der Waals surface area contributed by atoms with E-state index in [1.807, 2.05) is 0 Å². The summed E-state index contributed by atoms with van der Waals surface area (Å²) in [5.41, 5.74) is 0.925. The fraction of sp³-hybridized carbons (Fsp3) is 0.240. The highest BCUT2D eigenvalue weighted by atomic mass is 16.7. The van der Waals surface area contributed by atoms with Crippen molar-refractivity contribution in [2.75, 3.05) is 20.4 Å². The third-order valence-electron chi connectivity index (χ3n) is 5.91. The Morgan fingerprint density at radius 2 is 2.14 bits per heavy atom. The number of amides is 1. The van der Waals surface area contributed by atoms with Crippen molar-refractivity contribution in [1.82, 2.24) is 15.3 Å². The van der Waals surface area contributed by atoms with E-state index in [0.29, 0.717) is 41.2 Å². The number of hydrogen-bond donors (Lipinski definition) is 3. The van der Waals surface area contributed by atoms with E-state index in [4.69, 9.17) is 18.6 Å². The van der Waals surface area contributed by atoms with Crippen LogP contribution in [0.3, 0.4) is 0 Å². The summed E-state index contributed by atoms with van der Waals surface area (Å²) in [6.45, 7) is 0.397. The lowest BCUT2D eigenvalue weighted by molar-refractivity contribution is -0.121. The van der Waals surface area contributed by atoms with Crippen LogP contribution in [0.4, 0.5) is 0 Å². The topological polar surface area (TPSA) is 136 Å². The molecule has 0 saturated heterocycles. The molecule has 0 bridgehead atoms. The number of carbonyl (C=O) groups is 1. The number of para-hydroxylation sites is 1. The molecule has 0 spiro atoms. The Labute approximate surface area is 199 Å². The monoisotopic (exact) mass is 477 g/mol. The van der Waals surface area contributed by atoms with Crippen molar-refractivity contribution in [2.24, 2.45) is 0 Å². The molecule has 10 nitrogen and oxygen atoms in total. The molecular formula is C25H23N3O7. The molecule has 180 valence electrons. The molecule has 1 atom stereocenters. The molecule has 3 N–H and O–H groups in total. The van der Waals surface area contributed by atoms with E-state index < -0.39 is 11.5 Å². The minimum absolute atomic E-state index is 0.0201. The summed E-state index contributed by atoms with van der Waals surface area (Å²) in [7, 11) is 1.49. The second-order valence-corrected chi connectivity index (χ2v) is 8.04.